The lowest BCUT2D eigenvalue weighted by Gasteiger charge is -2.32. The zero-order chi connectivity index (χ0) is 11.4. The van der Waals surface area contributed by atoms with Crippen molar-refractivity contribution in [2.45, 2.75) is 46.1 Å². The molecule has 0 heterocycles. The first-order valence-electron chi connectivity index (χ1n) is 5.73. The van der Waals surface area contributed by atoms with Gasteiger partial charge >= 0.3 is 0 Å². The van der Waals surface area contributed by atoms with Crippen LogP contribution in [-0.4, -0.2) is 11.9 Å². The van der Waals surface area contributed by atoms with E-state index in [1.807, 2.05) is 6.07 Å². The highest BCUT2D eigenvalue weighted by atomic mass is 16.1. The van der Waals surface area contributed by atoms with E-state index in [-0.39, 0.29) is 11.9 Å². The minimum atomic E-state index is -0.530. The van der Waals surface area contributed by atoms with E-state index in [4.69, 9.17) is 5.26 Å². The van der Waals surface area contributed by atoms with E-state index in [1.54, 1.807) is 6.92 Å². The molecule has 1 aliphatic rings. The third-order valence-corrected chi connectivity index (χ3v) is 3.11. The third kappa shape index (κ3) is 3.54. The first-order chi connectivity index (χ1) is 7.02. The van der Waals surface area contributed by atoms with Crippen LogP contribution in [0.25, 0.3) is 0 Å². The Balaban J connectivity index is 2.45. The van der Waals surface area contributed by atoms with Gasteiger partial charge in [0.1, 0.15) is 5.92 Å². The summed E-state index contributed by atoms with van der Waals surface area (Å²) in [6, 6.07) is 2.24. The molecule has 0 aliphatic heterocycles. The second kappa shape index (κ2) is 5.16. The van der Waals surface area contributed by atoms with Crippen LogP contribution in [0.3, 0.4) is 0 Å². The molecule has 1 saturated carbocycles. The number of carbonyl (C=O) groups is 1. The summed E-state index contributed by atoms with van der Waals surface area (Å²) >= 11 is 0. The molecular weight excluding hydrogens is 188 g/mol. The number of nitrogens with one attached hydrogen (secondary N) is 1. The first kappa shape index (κ1) is 12.0. The SMILES string of the molecule is CC1CC(C)CC(NC(=O)C(C)C#N)C1. The molecule has 1 N–H and O–H groups in total. The number of hydrogen-bond acceptors (Lipinski definition) is 2. The molecular formula is C12H20N2O. The molecule has 1 amide bonds. The van der Waals surface area contributed by atoms with Crippen LogP contribution < -0.4 is 5.32 Å². The van der Waals surface area contributed by atoms with Crippen LogP contribution in [0, 0.1) is 29.1 Å². The van der Waals surface area contributed by atoms with Gasteiger partial charge in [0.05, 0.1) is 6.07 Å². The Labute approximate surface area is 91.9 Å². The van der Waals surface area contributed by atoms with Gasteiger partial charge in [0, 0.05) is 6.04 Å². The summed E-state index contributed by atoms with van der Waals surface area (Å²) in [6.45, 7) is 6.09. The normalized spacial score (nSPS) is 32.8. The fourth-order valence-corrected chi connectivity index (χ4v) is 2.45. The van der Waals surface area contributed by atoms with Crippen molar-refractivity contribution >= 4 is 5.91 Å². The van der Waals surface area contributed by atoms with Crippen molar-refractivity contribution in [3.8, 4) is 6.07 Å². The van der Waals surface area contributed by atoms with E-state index in [2.05, 4.69) is 19.2 Å². The van der Waals surface area contributed by atoms with Gasteiger partial charge in [-0.05, 0) is 38.0 Å². The minimum absolute atomic E-state index is 0.121. The lowest BCUT2D eigenvalue weighted by atomic mass is 9.80. The minimum Gasteiger partial charge on any atom is -0.352 e. The zero-order valence-electron chi connectivity index (χ0n) is 9.79. The molecule has 3 atom stereocenters. The van der Waals surface area contributed by atoms with Crippen LogP contribution in [-0.2, 0) is 4.79 Å². The topological polar surface area (TPSA) is 52.9 Å². The predicted molar refractivity (Wildman–Crippen MR) is 58.9 cm³/mol. The van der Waals surface area contributed by atoms with E-state index in [0.29, 0.717) is 11.8 Å². The maximum Gasteiger partial charge on any atom is 0.237 e. The summed E-state index contributed by atoms with van der Waals surface area (Å²) in [5.74, 6) is 0.703. The van der Waals surface area contributed by atoms with E-state index in [0.717, 1.165) is 12.8 Å². The zero-order valence-corrected chi connectivity index (χ0v) is 9.79. The molecule has 0 aromatic rings. The number of nitriles is 1. The van der Waals surface area contributed by atoms with Gasteiger partial charge in [-0.3, -0.25) is 4.79 Å². The van der Waals surface area contributed by atoms with Crippen molar-refractivity contribution in [2.24, 2.45) is 17.8 Å². The number of nitrogens with zero attached hydrogens (tertiary/aromatic N) is 1. The summed E-state index contributed by atoms with van der Waals surface area (Å²) in [5, 5.41) is 11.6. The Hall–Kier alpha value is -1.04. The maximum atomic E-state index is 11.5. The Morgan fingerprint density at radius 1 is 1.33 bits per heavy atom. The van der Waals surface area contributed by atoms with Gasteiger partial charge in [0.15, 0.2) is 0 Å². The maximum absolute atomic E-state index is 11.5. The molecule has 15 heavy (non-hydrogen) atoms. The standard InChI is InChI=1S/C12H20N2O/c1-8-4-9(2)6-11(5-8)14-12(15)10(3)7-13/h8-11H,4-6H2,1-3H3,(H,14,15). The van der Waals surface area contributed by atoms with Crippen molar-refractivity contribution < 1.29 is 4.79 Å². The Morgan fingerprint density at radius 2 is 1.87 bits per heavy atom. The van der Waals surface area contributed by atoms with Crippen molar-refractivity contribution in [1.82, 2.24) is 5.32 Å². The smallest absolute Gasteiger partial charge is 0.237 e. The molecule has 0 radical (unpaired) electrons. The first-order valence-corrected chi connectivity index (χ1v) is 5.73. The summed E-state index contributed by atoms with van der Waals surface area (Å²) < 4.78 is 0. The molecule has 3 nitrogen and oxygen atoms in total. The highest BCUT2D eigenvalue weighted by Gasteiger charge is 2.26. The molecule has 1 fully saturated rings. The monoisotopic (exact) mass is 208 g/mol. The summed E-state index contributed by atoms with van der Waals surface area (Å²) in [7, 11) is 0. The quantitative estimate of drug-likeness (QED) is 0.755. The Bertz CT molecular complexity index is 259. The van der Waals surface area contributed by atoms with Crippen LogP contribution in [0.15, 0.2) is 0 Å². The van der Waals surface area contributed by atoms with Crippen LogP contribution in [0.2, 0.25) is 0 Å². The van der Waals surface area contributed by atoms with E-state index in [9.17, 15) is 4.79 Å². The highest BCUT2D eigenvalue weighted by Crippen LogP contribution is 2.28. The molecule has 0 bridgehead atoms. The average Bonchev–Trinajstić information content (AvgIpc) is 2.14. The third-order valence-electron chi connectivity index (χ3n) is 3.11. The molecule has 0 spiro atoms. The van der Waals surface area contributed by atoms with E-state index >= 15 is 0 Å². The van der Waals surface area contributed by atoms with Crippen molar-refractivity contribution in [1.29, 1.82) is 5.26 Å². The molecule has 3 heteroatoms. The van der Waals surface area contributed by atoms with E-state index < -0.39 is 5.92 Å². The largest absolute Gasteiger partial charge is 0.352 e. The summed E-state index contributed by atoms with van der Waals surface area (Å²) in [4.78, 5) is 11.5. The number of rotatable bonds is 2. The van der Waals surface area contributed by atoms with Crippen molar-refractivity contribution in [3.63, 3.8) is 0 Å². The highest BCUT2D eigenvalue weighted by molar-refractivity contribution is 5.80. The van der Waals surface area contributed by atoms with Crippen LogP contribution in [0.5, 0.6) is 0 Å². The van der Waals surface area contributed by atoms with Gasteiger partial charge in [-0.15, -0.1) is 0 Å². The van der Waals surface area contributed by atoms with E-state index in [1.165, 1.54) is 6.42 Å². The van der Waals surface area contributed by atoms with Crippen molar-refractivity contribution in [3.05, 3.63) is 0 Å². The molecule has 3 unspecified atom stereocenters. The summed E-state index contributed by atoms with van der Waals surface area (Å²) in [6.07, 6.45) is 3.35. The Kier molecular flexibility index (Phi) is 4.14. The molecule has 0 aromatic carbocycles. The number of carbonyl (C=O) groups excluding carboxylic acids is 1. The fraction of sp³-hybridized carbons (Fsp3) is 0.833. The predicted octanol–water partition coefficient (Wildman–Crippen LogP) is 2.09. The second-order valence-corrected chi connectivity index (χ2v) is 4.97. The second-order valence-electron chi connectivity index (χ2n) is 4.97. The van der Waals surface area contributed by atoms with Crippen LogP contribution in [0.1, 0.15) is 40.0 Å². The molecule has 1 aliphatic carbocycles. The van der Waals surface area contributed by atoms with Gasteiger partial charge in [-0.25, -0.2) is 0 Å². The lowest BCUT2D eigenvalue weighted by molar-refractivity contribution is -0.124. The average molecular weight is 208 g/mol. The van der Waals surface area contributed by atoms with Crippen molar-refractivity contribution in [2.75, 3.05) is 0 Å². The molecule has 1 rings (SSSR count). The lowest BCUT2D eigenvalue weighted by Crippen LogP contribution is -2.42. The number of hydrogen-bond donors (Lipinski definition) is 1. The van der Waals surface area contributed by atoms with Gasteiger partial charge in [0.2, 0.25) is 5.91 Å². The molecule has 0 saturated heterocycles. The van der Waals surface area contributed by atoms with Crippen LogP contribution >= 0.6 is 0 Å². The van der Waals surface area contributed by atoms with Gasteiger partial charge in [-0.2, -0.15) is 5.26 Å². The van der Waals surface area contributed by atoms with Gasteiger partial charge in [0.25, 0.3) is 0 Å². The molecule has 84 valence electrons. The van der Waals surface area contributed by atoms with Gasteiger partial charge in [-0.1, -0.05) is 13.8 Å². The van der Waals surface area contributed by atoms with Gasteiger partial charge < -0.3 is 5.32 Å². The fourth-order valence-electron chi connectivity index (χ4n) is 2.45. The molecule has 0 aromatic heterocycles. The number of amides is 1. The van der Waals surface area contributed by atoms with Crippen LogP contribution in [0.4, 0.5) is 0 Å². The Morgan fingerprint density at radius 3 is 2.33 bits per heavy atom. The summed E-state index contributed by atoms with van der Waals surface area (Å²) in [5.41, 5.74) is 0.